The van der Waals surface area contributed by atoms with Crippen molar-refractivity contribution in [2.45, 2.75) is 44.4 Å². The lowest BCUT2D eigenvalue weighted by Gasteiger charge is -2.33. The quantitative estimate of drug-likeness (QED) is 0.905. The van der Waals surface area contributed by atoms with Crippen molar-refractivity contribution in [2.24, 2.45) is 5.92 Å². The minimum atomic E-state index is -0.891. The first kappa shape index (κ1) is 13.8. The van der Waals surface area contributed by atoms with E-state index in [-0.39, 0.29) is 24.0 Å². The molecule has 22 heavy (non-hydrogen) atoms. The highest BCUT2D eigenvalue weighted by Crippen LogP contribution is 2.40. The predicted molar refractivity (Wildman–Crippen MR) is 78.5 cm³/mol. The van der Waals surface area contributed by atoms with Crippen molar-refractivity contribution in [2.75, 3.05) is 6.54 Å². The fourth-order valence-electron chi connectivity index (χ4n) is 4.13. The van der Waals surface area contributed by atoms with E-state index < -0.39 is 5.97 Å². The van der Waals surface area contributed by atoms with Crippen molar-refractivity contribution in [3.05, 3.63) is 34.9 Å². The average molecular weight is 301 g/mol. The van der Waals surface area contributed by atoms with E-state index in [1.54, 1.807) is 12.1 Å². The van der Waals surface area contributed by atoms with Gasteiger partial charge in [-0.1, -0.05) is 12.1 Å². The van der Waals surface area contributed by atoms with Gasteiger partial charge < -0.3 is 14.7 Å². The minimum Gasteiger partial charge on any atom is -0.478 e. The number of carbonyl (C=O) groups is 2. The molecule has 2 fully saturated rings. The van der Waals surface area contributed by atoms with Gasteiger partial charge >= 0.3 is 5.97 Å². The molecule has 0 radical (unpaired) electrons. The molecular formula is C17H19NO4. The largest absolute Gasteiger partial charge is 0.478 e. The maximum atomic E-state index is 12.7. The fourth-order valence-corrected chi connectivity index (χ4v) is 4.13. The molecule has 3 unspecified atom stereocenters. The number of rotatable bonds is 2. The molecule has 3 atom stereocenters. The molecule has 3 aliphatic rings. The minimum absolute atomic E-state index is 0.00274. The number of benzene rings is 1. The van der Waals surface area contributed by atoms with Gasteiger partial charge in [0.15, 0.2) is 0 Å². The molecule has 0 saturated carbocycles. The van der Waals surface area contributed by atoms with Crippen LogP contribution in [0, 0.1) is 5.92 Å². The zero-order chi connectivity index (χ0) is 15.3. The Morgan fingerprint density at radius 3 is 2.82 bits per heavy atom. The molecule has 3 heterocycles. The molecule has 1 amide bonds. The van der Waals surface area contributed by atoms with Gasteiger partial charge in [-0.3, -0.25) is 4.79 Å². The number of hydrogen-bond donors (Lipinski definition) is 1. The van der Waals surface area contributed by atoms with Gasteiger partial charge in [0.2, 0.25) is 5.91 Å². The molecule has 1 aromatic carbocycles. The summed E-state index contributed by atoms with van der Waals surface area (Å²) >= 11 is 0. The van der Waals surface area contributed by atoms with Crippen molar-refractivity contribution in [3.63, 3.8) is 0 Å². The van der Waals surface area contributed by atoms with E-state index in [1.165, 1.54) is 0 Å². The highest BCUT2D eigenvalue weighted by molar-refractivity contribution is 5.90. The Hall–Kier alpha value is -1.88. The SMILES string of the molecule is O=C(O)c1cccc2c1CCN(C(=O)C1CC3CCC1O3)C2. The molecule has 116 valence electrons. The molecule has 2 bridgehead atoms. The van der Waals surface area contributed by atoms with Gasteiger partial charge in [-0.2, -0.15) is 0 Å². The number of carbonyl (C=O) groups excluding carboxylic acids is 1. The van der Waals surface area contributed by atoms with Crippen LogP contribution in [0.4, 0.5) is 0 Å². The third kappa shape index (κ3) is 2.11. The molecule has 0 spiro atoms. The molecule has 0 aromatic heterocycles. The number of fused-ring (bicyclic) bond motifs is 3. The van der Waals surface area contributed by atoms with Gasteiger partial charge in [0.05, 0.1) is 23.7 Å². The maximum Gasteiger partial charge on any atom is 0.335 e. The van der Waals surface area contributed by atoms with Gasteiger partial charge in [-0.25, -0.2) is 4.79 Å². The van der Waals surface area contributed by atoms with Crippen LogP contribution in [0.5, 0.6) is 0 Å². The second-order valence-corrected chi connectivity index (χ2v) is 6.47. The Bertz CT molecular complexity index is 642. The Morgan fingerprint density at radius 2 is 2.14 bits per heavy atom. The van der Waals surface area contributed by atoms with Crippen molar-refractivity contribution in [1.82, 2.24) is 4.90 Å². The van der Waals surface area contributed by atoms with Crippen LogP contribution in [0.3, 0.4) is 0 Å². The number of carboxylic acid groups (broad SMARTS) is 1. The molecule has 0 aliphatic carbocycles. The van der Waals surface area contributed by atoms with Crippen LogP contribution in [0.15, 0.2) is 18.2 Å². The number of aromatic carboxylic acids is 1. The van der Waals surface area contributed by atoms with E-state index in [0.717, 1.165) is 30.4 Å². The van der Waals surface area contributed by atoms with Crippen LogP contribution < -0.4 is 0 Å². The zero-order valence-electron chi connectivity index (χ0n) is 12.3. The molecular weight excluding hydrogens is 282 g/mol. The van der Waals surface area contributed by atoms with Gasteiger partial charge in [-0.15, -0.1) is 0 Å². The second kappa shape index (κ2) is 5.09. The lowest BCUT2D eigenvalue weighted by Crippen LogP contribution is -2.42. The Kier molecular flexibility index (Phi) is 3.18. The number of carboxylic acids is 1. The van der Waals surface area contributed by atoms with Crippen LogP contribution in [-0.2, 0) is 22.5 Å². The number of amides is 1. The van der Waals surface area contributed by atoms with Crippen LogP contribution in [0.25, 0.3) is 0 Å². The predicted octanol–water partition coefficient (Wildman–Crippen LogP) is 1.84. The Balaban J connectivity index is 1.54. The standard InChI is InChI=1S/C17H19NO4/c19-16(14-8-11-4-5-15(14)22-11)18-7-6-12-10(9-18)2-1-3-13(12)17(20)21/h1-3,11,14-15H,4-9H2,(H,20,21). The van der Waals surface area contributed by atoms with E-state index in [4.69, 9.17) is 4.74 Å². The third-order valence-electron chi connectivity index (χ3n) is 5.23. The van der Waals surface area contributed by atoms with Gasteiger partial charge in [0.25, 0.3) is 0 Å². The van der Waals surface area contributed by atoms with E-state index in [9.17, 15) is 14.7 Å². The summed E-state index contributed by atoms with van der Waals surface area (Å²) < 4.78 is 5.79. The maximum absolute atomic E-state index is 12.7. The first-order chi connectivity index (χ1) is 10.6. The van der Waals surface area contributed by atoms with Crippen molar-refractivity contribution in [3.8, 4) is 0 Å². The normalized spacial score (nSPS) is 29.5. The van der Waals surface area contributed by atoms with E-state index in [0.29, 0.717) is 25.1 Å². The monoisotopic (exact) mass is 301 g/mol. The summed E-state index contributed by atoms with van der Waals surface area (Å²) in [5.74, 6) is -0.709. The van der Waals surface area contributed by atoms with Gasteiger partial charge in [0.1, 0.15) is 0 Å². The van der Waals surface area contributed by atoms with Gasteiger partial charge in [0, 0.05) is 13.1 Å². The molecule has 3 aliphatic heterocycles. The molecule has 2 saturated heterocycles. The summed E-state index contributed by atoms with van der Waals surface area (Å²) in [7, 11) is 0. The van der Waals surface area contributed by atoms with Crippen LogP contribution in [-0.4, -0.2) is 40.6 Å². The fraction of sp³-hybridized carbons (Fsp3) is 0.529. The highest BCUT2D eigenvalue weighted by atomic mass is 16.5. The average Bonchev–Trinajstić information content (AvgIpc) is 3.16. The van der Waals surface area contributed by atoms with Crippen LogP contribution in [0.2, 0.25) is 0 Å². The highest BCUT2D eigenvalue weighted by Gasteiger charge is 2.46. The van der Waals surface area contributed by atoms with Crippen molar-refractivity contribution < 1.29 is 19.4 Å². The number of ether oxygens (including phenoxy) is 1. The van der Waals surface area contributed by atoms with E-state index >= 15 is 0 Å². The Morgan fingerprint density at radius 1 is 1.27 bits per heavy atom. The number of nitrogens with zero attached hydrogens (tertiary/aromatic N) is 1. The summed E-state index contributed by atoms with van der Waals surface area (Å²) in [6.07, 6.45) is 3.92. The summed E-state index contributed by atoms with van der Waals surface area (Å²) in [6, 6.07) is 5.33. The van der Waals surface area contributed by atoms with Crippen LogP contribution in [0.1, 0.15) is 40.7 Å². The first-order valence-electron chi connectivity index (χ1n) is 7.92. The van der Waals surface area contributed by atoms with Gasteiger partial charge in [-0.05, 0) is 42.9 Å². The first-order valence-corrected chi connectivity index (χ1v) is 7.92. The Labute approximate surface area is 128 Å². The van der Waals surface area contributed by atoms with Crippen molar-refractivity contribution >= 4 is 11.9 Å². The lowest BCUT2D eigenvalue weighted by atomic mass is 9.87. The molecule has 4 rings (SSSR count). The van der Waals surface area contributed by atoms with Crippen LogP contribution >= 0.6 is 0 Å². The summed E-state index contributed by atoms with van der Waals surface area (Å²) in [4.78, 5) is 25.9. The number of hydrogen-bond acceptors (Lipinski definition) is 3. The second-order valence-electron chi connectivity index (χ2n) is 6.47. The smallest absolute Gasteiger partial charge is 0.335 e. The topological polar surface area (TPSA) is 66.8 Å². The zero-order valence-corrected chi connectivity index (χ0v) is 12.3. The molecule has 5 nitrogen and oxygen atoms in total. The summed E-state index contributed by atoms with van der Waals surface area (Å²) in [5, 5.41) is 9.26. The summed E-state index contributed by atoms with van der Waals surface area (Å²) in [5.41, 5.74) is 2.21. The molecule has 1 N–H and O–H groups in total. The van der Waals surface area contributed by atoms with E-state index in [2.05, 4.69) is 0 Å². The van der Waals surface area contributed by atoms with Crippen molar-refractivity contribution in [1.29, 1.82) is 0 Å². The summed E-state index contributed by atoms with van der Waals surface area (Å²) in [6.45, 7) is 1.12. The molecule has 5 heteroatoms. The lowest BCUT2D eigenvalue weighted by molar-refractivity contribution is -0.138. The van der Waals surface area contributed by atoms with E-state index in [1.807, 2.05) is 11.0 Å². The molecule has 1 aromatic rings. The third-order valence-corrected chi connectivity index (χ3v) is 5.23.